The molecule has 0 aliphatic carbocycles. The molecule has 1 aliphatic heterocycles. The maximum Gasteiger partial charge on any atom is 0.421 e. The highest BCUT2D eigenvalue weighted by Gasteiger charge is 2.51. The summed E-state index contributed by atoms with van der Waals surface area (Å²) >= 11 is 1.14. The van der Waals surface area contributed by atoms with Crippen molar-refractivity contribution in [2.24, 2.45) is 0 Å². The Balaban J connectivity index is 1.75. The van der Waals surface area contributed by atoms with E-state index in [4.69, 9.17) is 0 Å². The largest absolute Gasteiger partial charge is 0.421 e. The Bertz CT molecular complexity index is 916. The monoisotopic (exact) mass is 436 g/mol. The van der Waals surface area contributed by atoms with Gasteiger partial charge in [-0.1, -0.05) is 6.07 Å². The molecule has 1 fully saturated rings. The van der Waals surface area contributed by atoms with Crippen LogP contribution in [0.25, 0.3) is 0 Å². The zero-order valence-electron chi connectivity index (χ0n) is 15.1. The van der Waals surface area contributed by atoms with Crippen molar-refractivity contribution in [3.8, 4) is 0 Å². The van der Waals surface area contributed by atoms with E-state index in [1.165, 1.54) is 4.31 Å². The van der Waals surface area contributed by atoms with Gasteiger partial charge in [0.2, 0.25) is 5.95 Å². The lowest BCUT2D eigenvalue weighted by Crippen LogP contribution is -2.54. The summed E-state index contributed by atoms with van der Waals surface area (Å²) in [7, 11) is -3.57. The molecular formula is C16H19F3N4O3S2. The molecule has 1 aliphatic rings. The van der Waals surface area contributed by atoms with Crippen molar-refractivity contribution in [1.82, 2.24) is 14.3 Å². The van der Waals surface area contributed by atoms with Gasteiger partial charge in [-0.05, 0) is 25.3 Å². The van der Waals surface area contributed by atoms with Crippen LogP contribution >= 0.6 is 11.3 Å². The Kier molecular flexibility index (Phi) is 5.42. The van der Waals surface area contributed by atoms with Crippen molar-refractivity contribution < 1.29 is 26.7 Å². The lowest BCUT2D eigenvalue weighted by Gasteiger charge is -2.39. The Morgan fingerprint density at radius 1 is 1.25 bits per heavy atom. The summed E-state index contributed by atoms with van der Waals surface area (Å²) in [4.78, 5) is 9.65. The highest BCUT2D eigenvalue weighted by atomic mass is 32.2. The van der Waals surface area contributed by atoms with Crippen LogP contribution in [0, 0.1) is 0 Å². The molecule has 1 N–H and O–H groups in total. The van der Waals surface area contributed by atoms with Crippen molar-refractivity contribution in [3.63, 3.8) is 0 Å². The molecule has 0 saturated carbocycles. The number of piperazine rings is 1. The summed E-state index contributed by atoms with van der Waals surface area (Å²) in [6.45, 7) is 3.13. The fraction of sp³-hybridized carbons (Fsp3) is 0.500. The number of nitrogens with zero attached hydrogens (tertiary/aromatic N) is 4. The van der Waals surface area contributed by atoms with Gasteiger partial charge in [0.05, 0.1) is 0 Å². The average molecular weight is 436 g/mol. The number of thiophene rings is 1. The first-order valence-electron chi connectivity index (χ1n) is 8.36. The summed E-state index contributed by atoms with van der Waals surface area (Å²) in [6, 6.07) is 2.94. The molecule has 0 amide bonds. The molecule has 2 atom stereocenters. The second-order valence-corrected chi connectivity index (χ2v) is 9.79. The molecule has 2 aromatic rings. The molecule has 0 spiro atoms. The first-order chi connectivity index (χ1) is 12.9. The predicted octanol–water partition coefficient (Wildman–Crippen LogP) is 2.21. The Labute approximate surface area is 164 Å². The molecule has 0 aromatic carbocycles. The quantitative estimate of drug-likeness (QED) is 0.791. The number of hydrogen-bond acceptors (Lipinski definition) is 7. The van der Waals surface area contributed by atoms with Gasteiger partial charge in [0.1, 0.15) is 4.21 Å². The SMILES string of the molecule is C[C@H]1CN(S(=O)(=O)c2cccs2)CCN1c1ncc(C(C)(O)C(F)(F)F)cn1. The Hall–Kier alpha value is -1.76. The van der Waals surface area contributed by atoms with E-state index in [2.05, 4.69) is 9.97 Å². The van der Waals surface area contributed by atoms with Crippen LogP contribution in [-0.4, -0.2) is 59.6 Å². The van der Waals surface area contributed by atoms with Crippen molar-refractivity contribution in [2.45, 2.75) is 35.9 Å². The molecule has 2 aromatic heterocycles. The second kappa shape index (κ2) is 7.25. The van der Waals surface area contributed by atoms with Crippen LogP contribution in [0.15, 0.2) is 34.1 Å². The van der Waals surface area contributed by atoms with E-state index >= 15 is 0 Å². The van der Waals surface area contributed by atoms with Crippen LogP contribution in [0.1, 0.15) is 19.4 Å². The molecule has 1 unspecified atom stereocenters. The van der Waals surface area contributed by atoms with Crippen LogP contribution in [0.5, 0.6) is 0 Å². The van der Waals surface area contributed by atoms with Crippen LogP contribution < -0.4 is 4.90 Å². The maximum absolute atomic E-state index is 12.9. The average Bonchev–Trinajstić information content (AvgIpc) is 3.16. The molecule has 3 heterocycles. The van der Waals surface area contributed by atoms with E-state index < -0.39 is 27.4 Å². The summed E-state index contributed by atoms with van der Waals surface area (Å²) < 4.78 is 65.7. The molecule has 7 nitrogen and oxygen atoms in total. The third-order valence-electron chi connectivity index (χ3n) is 4.69. The zero-order chi connectivity index (χ0) is 20.7. The third-order valence-corrected chi connectivity index (χ3v) is 7.93. The van der Waals surface area contributed by atoms with Crippen LogP contribution in [0.4, 0.5) is 19.1 Å². The highest BCUT2D eigenvalue weighted by Crippen LogP contribution is 2.38. The summed E-state index contributed by atoms with van der Waals surface area (Å²) in [5.41, 5.74) is -3.51. The van der Waals surface area contributed by atoms with Gasteiger partial charge in [-0.3, -0.25) is 0 Å². The number of aliphatic hydroxyl groups is 1. The molecule has 3 rings (SSSR count). The smallest absolute Gasteiger partial charge is 0.376 e. The predicted molar refractivity (Wildman–Crippen MR) is 97.5 cm³/mol. The van der Waals surface area contributed by atoms with Crippen molar-refractivity contribution in [2.75, 3.05) is 24.5 Å². The Morgan fingerprint density at radius 3 is 2.39 bits per heavy atom. The minimum Gasteiger partial charge on any atom is -0.376 e. The van der Waals surface area contributed by atoms with Gasteiger partial charge >= 0.3 is 6.18 Å². The lowest BCUT2D eigenvalue weighted by atomic mass is 9.99. The number of halogens is 3. The molecule has 154 valence electrons. The fourth-order valence-electron chi connectivity index (χ4n) is 2.86. The summed E-state index contributed by atoms with van der Waals surface area (Å²) in [6.07, 6.45) is -2.97. The maximum atomic E-state index is 12.9. The van der Waals surface area contributed by atoms with Crippen LogP contribution in [0.2, 0.25) is 0 Å². The van der Waals surface area contributed by atoms with E-state index in [1.54, 1.807) is 29.3 Å². The Morgan fingerprint density at radius 2 is 1.89 bits per heavy atom. The first-order valence-corrected chi connectivity index (χ1v) is 10.7. The highest BCUT2D eigenvalue weighted by molar-refractivity contribution is 7.91. The van der Waals surface area contributed by atoms with Crippen LogP contribution in [-0.2, 0) is 15.6 Å². The van der Waals surface area contributed by atoms with E-state index in [9.17, 15) is 26.7 Å². The summed E-state index contributed by atoms with van der Waals surface area (Å²) in [5.74, 6) is 0.183. The van der Waals surface area contributed by atoms with E-state index in [1.807, 2.05) is 0 Å². The topological polar surface area (TPSA) is 86.6 Å². The van der Waals surface area contributed by atoms with Crippen molar-refractivity contribution >= 4 is 27.3 Å². The third kappa shape index (κ3) is 3.73. The molecule has 12 heteroatoms. The lowest BCUT2D eigenvalue weighted by molar-refractivity contribution is -0.259. The number of anilines is 1. The summed E-state index contributed by atoms with van der Waals surface area (Å²) in [5, 5.41) is 11.4. The molecule has 1 saturated heterocycles. The van der Waals surface area contributed by atoms with Gasteiger partial charge in [0.15, 0.2) is 5.60 Å². The normalized spacial score (nSPS) is 21.5. The molecule has 0 radical (unpaired) electrons. The van der Waals surface area contributed by atoms with Gasteiger partial charge in [0, 0.05) is 43.6 Å². The number of hydrogen-bond donors (Lipinski definition) is 1. The zero-order valence-corrected chi connectivity index (χ0v) is 16.7. The minimum absolute atomic E-state index is 0.183. The fourth-order valence-corrected chi connectivity index (χ4v) is 5.52. The van der Waals surface area contributed by atoms with Crippen molar-refractivity contribution in [1.29, 1.82) is 0 Å². The standard InChI is InChI=1S/C16H19F3N4O3S2/c1-11-10-22(28(25,26)13-4-3-7-27-13)5-6-23(11)14-20-8-12(9-21-14)15(2,24)16(17,18)19/h3-4,7-9,11,24H,5-6,10H2,1-2H3/t11-,15?/m0/s1. The van der Waals surface area contributed by atoms with Gasteiger partial charge < -0.3 is 10.0 Å². The van der Waals surface area contributed by atoms with Crippen molar-refractivity contribution in [3.05, 3.63) is 35.5 Å². The van der Waals surface area contributed by atoms with E-state index in [-0.39, 0.29) is 29.3 Å². The number of alkyl halides is 3. The number of aromatic nitrogens is 2. The van der Waals surface area contributed by atoms with Gasteiger partial charge in [0.25, 0.3) is 10.0 Å². The first kappa shape index (κ1) is 21.0. The minimum atomic E-state index is -4.85. The second-order valence-electron chi connectivity index (χ2n) is 6.68. The number of rotatable bonds is 4. The molecular weight excluding hydrogens is 417 g/mol. The van der Waals surface area contributed by atoms with E-state index in [0.717, 1.165) is 23.7 Å². The molecule has 0 bridgehead atoms. The van der Waals surface area contributed by atoms with Crippen LogP contribution in [0.3, 0.4) is 0 Å². The van der Waals surface area contributed by atoms with E-state index in [0.29, 0.717) is 13.5 Å². The van der Waals surface area contributed by atoms with Gasteiger partial charge in [-0.15, -0.1) is 11.3 Å². The van der Waals surface area contributed by atoms with Gasteiger partial charge in [-0.2, -0.15) is 17.5 Å². The molecule has 28 heavy (non-hydrogen) atoms. The van der Waals surface area contributed by atoms with Gasteiger partial charge in [-0.25, -0.2) is 18.4 Å². The number of sulfonamides is 1.